The number of hydrogen-bond donors (Lipinski definition) is 1. The summed E-state index contributed by atoms with van der Waals surface area (Å²) in [4.78, 5) is 19.5. The first-order chi connectivity index (χ1) is 16.5. The summed E-state index contributed by atoms with van der Waals surface area (Å²) in [6, 6.07) is 18.1. The van der Waals surface area contributed by atoms with E-state index in [1.165, 1.54) is 12.1 Å². The third-order valence-electron chi connectivity index (χ3n) is 6.33. The van der Waals surface area contributed by atoms with Gasteiger partial charge in [-0.3, -0.25) is 0 Å². The Morgan fingerprint density at radius 3 is 2.85 bits per heavy atom. The lowest BCUT2D eigenvalue weighted by Gasteiger charge is -2.34. The van der Waals surface area contributed by atoms with Crippen LogP contribution >= 0.6 is 0 Å². The molecule has 0 bridgehead atoms. The smallest absolute Gasteiger partial charge is 0.322 e. The van der Waals surface area contributed by atoms with Crippen molar-refractivity contribution in [2.45, 2.75) is 13.0 Å². The molecule has 3 heterocycles. The molecule has 0 radical (unpaired) electrons. The minimum absolute atomic E-state index is 0.0320. The molecule has 1 saturated heterocycles. The van der Waals surface area contributed by atoms with Crippen molar-refractivity contribution in [1.29, 1.82) is 5.26 Å². The number of aromatic nitrogens is 1. The van der Waals surface area contributed by atoms with Crippen LogP contribution in [0.25, 0.3) is 0 Å². The van der Waals surface area contributed by atoms with Gasteiger partial charge >= 0.3 is 6.03 Å². The lowest BCUT2D eigenvalue weighted by Crippen LogP contribution is -2.38. The molecule has 34 heavy (non-hydrogen) atoms. The molecule has 0 unspecified atom stereocenters. The van der Waals surface area contributed by atoms with Gasteiger partial charge in [0.1, 0.15) is 11.6 Å². The van der Waals surface area contributed by atoms with Crippen molar-refractivity contribution in [2.24, 2.45) is 11.8 Å². The number of likely N-dealkylation sites (tertiary alicyclic amines) is 1. The van der Waals surface area contributed by atoms with E-state index in [2.05, 4.69) is 16.4 Å². The Balaban J connectivity index is 1.40. The fourth-order valence-corrected chi connectivity index (χ4v) is 4.68. The monoisotopic (exact) mass is 458 g/mol. The molecule has 1 fully saturated rings. The van der Waals surface area contributed by atoms with Crippen molar-refractivity contribution in [1.82, 2.24) is 9.88 Å². The Hall–Kier alpha value is -4.12. The lowest BCUT2D eigenvalue weighted by molar-refractivity contribution is 0.128. The minimum atomic E-state index is -0.376. The average molecular weight is 458 g/mol. The van der Waals surface area contributed by atoms with E-state index in [4.69, 9.17) is 14.7 Å². The first kappa shape index (κ1) is 21.7. The van der Waals surface area contributed by atoms with E-state index in [1.807, 2.05) is 19.1 Å². The van der Waals surface area contributed by atoms with E-state index in [1.54, 1.807) is 41.3 Å². The molecule has 1 aromatic heterocycles. The van der Waals surface area contributed by atoms with Gasteiger partial charge in [0.05, 0.1) is 30.9 Å². The van der Waals surface area contributed by atoms with Crippen LogP contribution in [0, 0.1) is 35.9 Å². The topological polar surface area (TPSA) is 87.5 Å². The molecule has 172 valence electrons. The fraction of sp³-hybridized carbons (Fsp3) is 0.269. The van der Waals surface area contributed by atoms with Gasteiger partial charge in [-0.05, 0) is 55.5 Å². The number of amides is 2. The summed E-state index contributed by atoms with van der Waals surface area (Å²) in [5.41, 5.74) is 2.60. The summed E-state index contributed by atoms with van der Waals surface area (Å²) in [7, 11) is 0. The van der Waals surface area contributed by atoms with Gasteiger partial charge in [-0.1, -0.05) is 6.07 Å². The standard InChI is InChI=1S/C26H23FN4O3/c1-16-3-2-4-24(29-16)34-14-18-13-31(26(32)30-20-8-5-17(12-28)6-9-20)25-21-11-19(27)7-10-23(21)33-15-22(18)25/h2-11,18,22,25H,13-15H2,1H3,(H,30,32)/t18-,22-,25-/m0/s1. The lowest BCUT2D eigenvalue weighted by atomic mass is 9.85. The van der Waals surface area contributed by atoms with E-state index in [-0.39, 0.29) is 29.7 Å². The highest BCUT2D eigenvalue weighted by atomic mass is 19.1. The SMILES string of the molecule is Cc1cccc(OC[C@@H]2CN(C(=O)Nc3ccc(C#N)cc3)[C@H]3c4cc(F)ccc4OC[C@@H]23)n1. The molecule has 1 N–H and O–H groups in total. The number of nitrogens with zero attached hydrogens (tertiary/aromatic N) is 3. The Labute approximate surface area is 196 Å². The fourth-order valence-electron chi connectivity index (χ4n) is 4.68. The van der Waals surface area contributed by atoms with E-state index in [9.17, 15) is 9.18 Å². The maximum Gasteiger partial charge on any atom is 0.322 e. The molecule has 7 nitrogen and oxygen atoms in total. The van der Waals surface area contributed by atoms with Crippen LogP contribution in [-0.2, 0) is 0 Å². The van der Waals surface area contributed by atoms with E-state index in [0.29, 0.717) is 48.2 Å². The zero-order chi connectivity index (χ0) is 23.7. The van der Waals surface area contributed by atoms with Crippen molar-refractivity contribution in [2.75, 3.05) is 25.1 Å². The van der Waals surface area contributed by atoms with Crippen LogP contribution in [0.15, 0.2) is 60.7 Å². The van der Waals surface area contributed by atoms with Crippen molar-refractivity contribution >= 4 is 11.7 Å². The average Bonchev–Trinajstić information content (AvgIpc) is 3.22. The molecule has 2 amide bonds. The minimum Gasteiger partial charge on any atom is -0.493 e. The number of halogens is 1. The quantitative estimate of drug-likeness (QED) is 0.613. The highest BCUT2D eigenvalue weighted by Crippen LogP contribution is 2.47. The maximum absolute atomic E-state index is 14.2. The van der Waals surface area contributed by atoms with Crippen molar-refractivity contribution < 1.29 is 18.7 Å². The van der Waals surface area contributed by atoms with Gasteiger partial charge in [0.2, 0.25) is 5.88 Å². The highest BCUT2D eigenvalue weighted by Gasteiger charge is 2.48. The largest absolute Gasteiger partial charge is 0.493 e. The maximum atomic E-state index is 14.2. The number of ether oxygens (including phenoxy) is 2. The zero-order valence-electron chi connectivity index (χ0n) is 18.6. The molecular formula is C26H23FN4O3. The van der Waals surface area contributed by atoms with Crippen LogP contribution in [0.5, 0.6) is 11.6 Å². The molecule has 2 aliphatic heterocycles. The molecule has 0 aliphatic carbocycles. The third kappa shape index (κ3) is 4.25. The summed E-state index contributed by atoms with van der Waals surface area (Å²) in [5, 5.41) is 11.9. The first-order valence-electron chi connectivity index (χ1n) is 11.1. The van der Waals surface area contributed by atoms with Crippen molar-refractivity contribution in [3.63, 3.8) is 0 Å². The second kappa shape index (κ2) is 9.02. The number of carbonyl (C=O) groups is 1. The van der Waals surface area contributed by atoms with Crippen LogP contribution < -0.4 is 14.8 Å². The number of benzene rings is 2. The van der Waals surface area contributed by atoms with E-state index >= 15 is 0 Å². The molecule has 3 atom stereocenters. The van der Waals surface area contributed by atoms with Gasteiger partial charge < -0.3 is 19.7 Å². The van der Waals surface area contributed by atoms with Crippen LogP contribution in [-0.4, -0.2) is 35.7 Å². The Morgan fingerprint density at radius 2 is 2.09 bits per heavy atom. The summed E-state index contributed by atoms with van der Waals surface area (Å²) in [5.74, 6) is 0.640. The van der Waals surface area contributed by atoms with Gasteiger partial charge in [-0.2, -0.15) is 5.26 Å². The number of nitriles is 1. The number of aryl methyl sites for hydroxylation is 1. The number of carbonyl (C=O) groups excluding carboxylic acids is 1. The number of rotatable bonds is 4. The Bertz CT molecular complexity index is 1260. The Morgan fingerprint density at radius 1 is 1.26 bits per heavy atom. The van der Waals surface area contributed by atoms with Crippen LogP contribution in [0.1, 0.15) is 22.9 Å². The van der Waals surface area contributed by atoms with Gasteiger partial charge in [0, 0.05) is 41.4 Å². The molecule has 5 rings (SSSR count). The van der Waals surface area contributed by atoms with Crippen molar-refractivity contribution in [3.8, 4) is 17.7 Å². The number of nitrogens with one attached hydrogen (secondary N) is 1. The van der Waals surface area contributed by atoms with Crippen LogP contribution in [0.4, 0.5) is 14.9 Å². The molecule has 0 spiro atoms. The normalized spacial score (nSPS) is 20.5. The molecule has 8 heteroatoms. The van der Waals surface area contributed by atoms with Gasteiger partial charge in [0.15, 0.2) is 0 Å². The first-order valence-corrected chi connectivity index (χ1v) is 11.1. The third-order valence-corrected chi connectivity index (χ3v) is 6.33. The van der Waals surface area contributed by atoms with Gasteiger partial charge in [0.25, 0.3) is 0 Å². The van der Waals surface area contributed by atoms with Crippen LogP contribution in [0.3, 0.4) is 0 Å². The molecule has 3 aromatic rings. The summed E-state index contributed by atoms with van der Waals surface area (Å²) < 4.78 is 26.1. The predicted molar refractivity (Wildman–Crippen MR) is 123 cm³/mol. The molecular weight excluding hydrogens is 435 g/mol. The van der Waals surface area contributed by atoms with Gasteiger partial charge in [-0.15, -0.1) is 0 Å². The second-order valence-corrected chi connectivity index (χ2v) is 8.56. The number of urea groups is 1. The van der Waals surface area contributed by atoms with Crippen molar-refractivity contribution in [3.05, 3.63) is 83.3 Å². The van der Waals surface area contributed by atoms with Gasteiger partial charge in [-0.25, -0.2) is 14.2 Å². The van der Waals surface area contributed by atoms with E-state index in [0.717, 1.165) is 5.69 Å². The number of anilines is 1. The molecule has 2 aromatic carbocycles. The number of fused-ring (bicyclic) bond motifs is 3. The zero-order valence-corrected chi connectivity index (χ0v) is 18.6. The predicted octanol–water partition coefficient (Wildman–Crippen LogP) is 4.69. The summed E-state index contributed by atoms with van der Waals surface area (Å²) in [6.07, 6.45) is 0. The van der Waals surface area contributed by atoms with E-state index < -0.39 is 0 Å². The highest BCUT2D eigenvalue weighted by molar-refractivity contribution is 5.90. The Kier molecular flexibility index (Phi) is 5.76. The second-order valence-electron chi connectivity index (χ2n) is 8.56. The summed E-state index contributed by atoms with van der Waals surface area (Å²) >= 11 is 0. The summed E-state index contributed by atoms with van der Waals surface area (Å²) in [6.45, 7) is 3.07. The number of pyridine rings is 1. The molecule has 2 aliphatic rings. The molecule has 0 saturated carbocycles. The number of hydrogen-bond acceptors (Lipinski definition) is 5. The van der Waals surface area contributed by atoms with Crippen LogP contribution in [0.2, 0.25) is 0 Å².